The molecule has 1 heterocycles. The number of nitrogens with one attached hydrogen (secondary N) is 4. The van der Waals surface area contributed by atoms with Gasteiger partial charge in [0.25, 0.3) is 5.91 Å². The maximum Gasteiger partial charge on any atom is 0.251 e. The SMILES string of the molecule is CCc1ccc(C(=O)NCC(=O)Nc2nc(-c3cccc(C(=N)/C=C\NC)c3)cs2)cc1C(C)(C)CN. The van der Waals surface area contributed by atoms with Crippen molar-refractivity contribution in [2.45, 2.75) is 32.6 Å². The van der Waals surface area contributed by atoms with Gasteiger partial charge in [0.2, 0.25) is 5.91 Å². The molecular weight excluding hydrogens is 484 g/mol. The molecule has 0 unspecified atom stereocenters. The van der Waals surface area contributed by atoms with E-state index in [4.69, 9.17) is 11.1 Å². The molecule has 1 aromatic heterocycles. The number of hydrogen-bond acceptors (Lipinski definition) is 7. The summed E-state index contributed by atoms with van der Waals surface area (Å²) in [5.74, 6) is -0.687. The first-order valence-electron chi connectivity index (χ1n) is 12.1. The third kappa shape index (κ3) is 7.12. The van der Waals surface area contributed by atoms with Gasteiger partial charge in [-0.2, -0.15) is 0 Å². The molecule has 0 aliphatic rings. The smallest absolute Gasteiger partial charge is 0.251 e. The van der Waals surface area contributed by atoms with Crippen molar-refractivity contribution >= 4 is 34.0 Å². The quantitative estimate of drug-likeness (QED) is 0.244. The average Bonchev–Trinajstić information content (AvgIpc) is 3.38. The van der Waals surface area contributed by atoms with E-state index < -0.39 is 0 Å². The monoisotopic (exact) mass is 518 g/mol. The Bertz CT molecular complexity index is 1310. The minimum Gasteiger partial charge on any atom is -0.394 e. The largest absolute Gasteiger partial charge is 0.394 e. The van der Waals surface area contributed by atoms with Gasteiger partial charge in [-0.3, -0.25) is 9.59 Å². The van der Waals surface area contributed by atoms with Crippen LogP contribution in [0.1, 0.15) is 47.8 Å². The second-order valence-electron chi connectivity index (χ2n) is 9.20. The first-order valence-corrected chi connectivity index (χ1v) is 13.0. The van der Waals surface area contributed by atoms with Crippen molar-refractivity contribution < 1.29 is 9.59 Å². The summed E-state index contributed by atoms with van der Waals surface area (Å²) < 4.78 is 0. The summed E-state index contributed by atoms with van der Waals surface area (Å²) in [6, 6.07) is 13.1. The van der Waals surface area contributed by atoms with Gasteiger partial charge in [-0.25, -0.2) is 4.98 Å². The number of amides is 2. The number of benzene rings is 2. The molecule has 0 radical (unpaired) electrons. The van der Waals surface area contributed by atoms with Gasteiger partial charge in [0.05, 0.1) is 18.0 Å². The molecule has 3 rings (SSSR count). The molecule has 9 heteroatoms. The second-order valence-corrected chi connectivity index (χ2v) is 10.1. The summed E-state index contributed by atoms with van der Waals surface area (Å²) >= 11 is 1.30. The van der Waals surface area contributed by atoms with Gasteiger partial charge < -0.3 is 27.1 Å². The number of hydrogen-bond donors (Lipinski definition) is 5. The second kappa shape index (κ2) is 12.4. The number of allylic oxidation sites excluding steroid dienone is 1. The van der Waals surface area contributed by atoms with Gasteiger partial charge >= 0.3 is 0 Å². The number of nitrogens with zero attached hydrogens (tertiary/aromatic N) is 1. The number of aryl methyl sites for hydroxylation is 1. The van der Waals surface area contributed by atoms with Crippen LogP contribution in [0.5, 0.6) is 0 Å². The molecule has 0 aliphatic heterocycles. The van der Waals surface area contributed by atoms with E-state index in [1.807, 2.05) is 41.8 Å². The Morgan fingerprint density at radius 2 is 1.95 bits per heavy atom. The Morgan fingerprint density at radius 3 is 2.65 bits per heavy atom. The van der Waals surface area contributed by atoms with Crippen LogP contribution in [0.15, 0.2) is 60.1 Å². The highest BCUT2D eigenvalue weighted by molar-refractivity contribution is 7.14. The molecule has 0 fully saturated rings. The van der Waals surface area contributed by atoms with E-state index in [9.17, 15) is 9.59 Å². The number of anilines is 1. The van der Waals surface area contributed by atoms with Crippen molar-refractivity contribution in [3.8, 4) is 11.3 Å². The minimum absolute atomic E-state index is 0.177. The molecule has 3 aromatic rings. The number of aromatic nitrogens is 1. The number of rotatable bonds is 11. The first kappa shape index (κ1) is 27.8. The van der Waals surface area contributed by atoms with E-state index in [1.165, 1.54) is 11.3 Å². The lowest BCUT2D eigenvalue weighted by atomic mass is 9.80. The molecular formula is C28H34N6O2S. The van der Waals surface area contributed by atoms with E-state index >= 15 is 0 Å². The van der Waals surface area contributed by atoms with Gasteiger partial charge in [0, 0.05) is 41.1 Å². The molecule has 2 amide bonds. The minimum atomic E-state index is -0.366. The molecule has 0 atom stereocenters. The van der Waals surface area contributed by atoms with E-state index in [0.717, 1.165) is 28.7 Å². The number of carbonyl (C=O) groups is 2. The predicted molar refractivity (Wildman–Crippen MR) is 151 cm³/mol. The van der Waals surface area contributed by atoms with Gasteiger partial charge in [-0.15, -0.1) is 11.3 Å². The summed E-state index contributed by atoms with van der Waals surface area (Å²) in [4.78, 5) is 29.7. The molecule has 0 saturated heterocycles. The highest BCUT2D eigenvalue weighted by atomic mass is 32.1. The Kier molecular flexibility index (Phi) is 9.32. The van der Waals surface area contributed by atoms with Crippen molar-refractivity contribution in [2.24, 2.45) is 5.73 Å². The zero-order valence-electron chi connectivity index (χ0n) is 21.6. The Labute approximate surface area is 221 Å². The molecule has 0 spiro atoms. The van der Waals surface area contributed by atoms with Crippen LogP contribution in [0.25, 0.3) is 11.3 Å². The van der Waals surface area contributed by atoms with Crippen LogP contribution >= 0.6 is 11.3 Å². The topological polar surface area (TPSA) is 133 Å². The van der Waals surface area contributed by atoms with Gasteiger partial charge in [0.1, 0.15) is 0 Å². The number of nitrogens with two attached hydrogens (primary N) is 1. The lowest BCUT2D eigenvalue weighted by Gasteiger charge is -2.26. The van der Waals surface area contributed by atoms with Crippen molar-refractivity contribution in [1.29, 1.82) is 5.41 Å². The maximum absolute atomic E-state index is 12.7. The third-order valence-electron chi connectivity index (χ3n) is 6.04. The third-order valence-corrected chi connectivity index (χ3v) is 6.80. The molecule has 0 aliphatic carbocycles. The fraction of sp³-hybridized carbons (Fsp3) is 0.286. The van der Waals surface area contributed by atoms with Gasteiger partial charge in [0.15, 0.2) is 5.13 Å². The van der Waals surface area contributed by atoms with Crippen LogP contribution in [-0.2, 0) is 16.6 Å². The Hall–Kier alpha value is -3.82. The fourth-order valence-electron chi connectivity index (χ4n) is 3.76. The average molecular weight is 519 g/mol. The normalized spacial score (nSPS) is 11.4. The molecule has 0 bridgehead atoms. The number of carbonyl (C=O) groups excluding carboxylic acids is 2. The van der Waals surface area contributed by atoms with E-state index in [1.54, 1.807) is 25.4 Å². The van der Waals surface area contributed by atoms with Crippen LogP contribution in [0.3, 0.4) is 0 Å². The molecule has 8 nitrogen and oxygen atoms in total. The summed E-state index contributed by atoms with van der Waals surface area (Å²) in [6.07, 6.45) is 4.22. The zero-order chi connectivity index (χ0) is 27.0. The highest BCUT2D eigenvalue weighted by Gasteiger charge is 2.23. The summed E-state index contributed by atoms with van der Waals surface area (Å²) in [5.41, 5.74) is 11.1. The van der Waals surface area contributed by atoms with E-state index in [-0.39, 0.29) is 23.8 Å². The highest BCUT2D eigenvalue weighted by Crippen LogP contribution is 2.28. The number of thiazole rings is 1. The zero-order valence-corrected chi connectivity index (χ0v) is 22.5. The van der Waals surface area contributed by atoms with Crippen LogP contribution in [0.4, 0.5) is 5.13 Å². The van der Waals surface area contributed by atoms with Crippen LogP contribution in [-0.4, -0.2) is 42.6 Å². The fourth-order valence-corrected chi connectivity index (χ4v) is 4.50. The van der Waals surface area contributed by atoms with Crippen molar-refractivity contribution in [1.82, 2.24) is 15.6 Å². The lowest BCUT2D eigenvalue weighted by Crippen LogP contribution is -2.33. The maximum atomic E-state index is 12.7. The summed E-state index contributed by atoms with van der Waals surface area (Å²) in [6.45, 7) is 6.47. The first-order chi connectivity index (χ1) is 17.7. The summed E-state index contributed by atoms with van der Waals surface area (Å²) in [5, 5.41) is 18.7. The van der Waals surface area contributed by atoms with Crippen LogP contribution < -0.4 is 21.7 Å². The van der Waals surface area contributed by atoms with Crippen LogP contribution in [0, 0.1) is 5.41 Å². The van der Waals surface area contributed by atoms with Crippen LogP contribution in [0.2, 0.25) is 0 Å². The molecule has 2 aromatic carbocycles. The summed E-state index contributed by atoms with van der Waals surface area (Å²) in [7, 11) is 1.78. The van der Waals surface area contributed by atoms with Gasteiger partial charge in [-0.1, -0.05) is 45.0 Å². The molecule has 194 valence electrons. The van der Waals surface area contributed by atoms with Gasteiger partial charge in [-0.05, 0) is 48.0 Å². The molecule has 0 saturated carbocycles. The Morgan fingerprint density at radius 1 is 1.16 bits per heavy atom. The predicted octanol–water partition coefficient (Wildman–Crippen LogP) is 4.08. The van der Waals surface area contributed by atoms with Crippen molar-refractivity contribution in [3.05, 3.63) is 82.4 Å². The molecule has 37 heavy (non-hydrogen) atoms. The van der Waals surface area contributed by atoms with E-state index in [0.29, 0.717) is 28.6 Å². The van der Waals surface area contributed by atoms with Crippen molar-refractivity contribution in [3.63, 3.8) is 0 Å². The van der Waals surface area contributed by atoms with E-state index in [2.05, 4.69) is 41.7 Å². The standard InChI is InChI=1S/C28H34N6O2S/c1-5-18-9-10-21(14-22(18)28(2,3)17-29)26(36)32-15-25(35)34-27-33-24(16-37-27)20-8-6-7-19(13-20)23(30)11-12-31-4/h6-14,16,30-31H,5,15,17,29H2,1-4H3,(H,32,36)(H,33,34,35)/b12-11-,30-23?. The Balaban J connectivity index is 1.62. The molecule has 6 N–H and O–H groups in total. The van der Waals surface area contributed by atoms with Crippen molar-refractivity contribution in [2.75, 3.05) is 25.5 Å². The lowest BCUT2D eigenvalue weighted by molar-refractivity contribution is -0.115.